The fourth-order valence-corrected chi connectivity index (χ4v) is 2.76. The van der Waals surface area contributed by atoms with E-state index in [1.54, 1.807) is 0 Å². The molecule has 0 aromatic heterocycles. The lowest BCUT2D eigenvalue weighted by atomic mass is 10.2. The lowest BCUT2D eigenvalue weighted by Gasteiger charge is -2.30. The standard InChI is InChI=1S/C11H16N2O2S/c14-16(15)9-8-13(16)7-6-12-10-11-4-2-1-3-5-11/h1-5,12H,6-10H2. The summed E-state index contributed by atoms with van der Waals surface area (Å²) in [5.41, 5.74) is 1.22. The molecule has 2 rings (SSSR count). The Kier molecular flexibility index (Phi) is 3.58. The smallest absolute Gasteiger partial charge is 0.215 e. The van der Waals surface area contributed by atoms with Crippen LogP contribution in [-0.4, -0.2) is 38.1 Å². The van der Waals surface area contributed by atoms with Crippen LogP contribution in [-0.2, 0) is 16.6 Å². The zero-order chi connectivity index (χ0) is 11.4. The van der Waals surface area contributed by atoms with Gasteiger partial charge in [0, 0.05) is 26.2 Å². The molecule has 1 aliphatic rings. The molecule has 1 aromatic carbocycles. The van der Waals surface area contributed by atoms with E-state index >= 15 is 0 Å². The molecule has 0 bridgehead atoms. The highest BCUT2D eigenvalue weighted by Crippen LogP contribution is 2.11. The maximum Gasteiger partial charge on any atom is 0.215 e. The molecule has 1 fully saturated rings. The van der Waals surface area contributed by atoms with Crippen LogP contribution in [0.1, 0.15) is 5.56 Å². The summed E-state index contributed by atoms with van der Waals surface area (Å²) in [6.07, 6.45) is 0. The van der Waals surface area contributed by atoms with Crippen molar-refractivity contribution in [3.05, 3.63) is 35.9 Å². The van der Waals surface area contributed by atoms with Gasteiger partial charge in [-0.25, -0.2) is 8.42 Å². The molecular formula is C11H16N2O2S. The maximum absolute atomic E-state index is 11.2. The summed E-state index contributed by atoms with van der Waals surface area (Å²) in [5.74, 6) is 0.311. The first-order chi connectivity index (χ1) is 7.68. The van der Waals surface area contributed by atoms with Gasteiger partial charge in [0.15, 0.2) is 0 Å². The van der Waals surface area contributed by atoms with Gasteiger partial charge in [0.05, 0.1) is 5.75 Å². The molecule has 1 heterocycles. The van der Waals surface area contributed by atoms with Crippen LogP contribution in [0.15, 0.2) is 30.3 Å². The summed E-state index contributed by atoms with van der Waals surface area (Å²) in [5, 5.41) is 3.23. The average Bonchev–Trinajstić information content (AvgIpc) is 2.29. The lowest BCUT2D eigenvalue weighted by molar-refractivity contribution is 0.379. The first kappa shape index (κ1) is 11.6. The van der Waals surface area contributed by atoms with E-state index in [1.807, 2.05) is 30.3 Å². The molecule has 16 heavy (non-hydrogen) atoms. The van der Waals surface area contributed by atoms with E-state index in [0.29, 0.717) is 25.4 Å². The van der Waals surface area contributed by atoms with Gasteiger partial charge < -0.3 is 5.32 Å². The Morgan fingerprint density at radius 1 is 1.25 bits per heavy atom. The molecule has 1 aromatic rings. The number of nitrogens with one attached hydrogen (secondary N) is 1. The minimum absolute atomic E-state index is 0.311. The Bertz CT molecular complexity index is 431. The topological polar surface area (TPSA) is 49.4 Å². The molecule has 0 amide bonds. The SMILES string of the molecule is O=S1(=O)CCN1CCNCc1ccccc1. The summed E-state index contributed by atoms with van der Waals surface area (Å²) in [6.45, 7) is 2.74. The zero-order valence-electron chi connectivity index (χ0n) is 9.09. The molecule has 1 N–H and O–H groups in total. The summed E-state index contributed by atoms with van der Waals surface area (Å²) < 4.78 is 23.9. The van der Waals surface area contributed by atoms with Gasteiger partial charge in [-0.05, 0) is 5.56 Å². The molecule has 4 nitrogen and oxygen atoms in total. The summed E-state index contributed by atoms with van der Waals surface area (Å²) in [6, 6.07) is 10.1. The Morgan fingerprint density at radius 3 is 2.56 bits per heavy atom. The quantitative estimate of drug-likeness (QED) is 0.759. The second kappa shape index (κ2) is 4.95. The zero-order valence-corrected chi connectivity index (χ0v) is 9.91. The maximum atomic E-state index is 11.2. The second-order valence-electron chi connectivity index (χ2n) is 3.88. The van der Waals surface area contributed by atoms with Gasteiger partial charge in [-0.1, -0.05) is 30.3 Å². The van der Waals surface area contributed by atoms with Crippen LogP contribution in [0.25, 0.3) is 0 Å². The van der Waals surface area contributed by atoms with Gasteiger partial charge in [0.25, 0.3) is 0 Å². The molecule has 1 aliphatic heterocycles. The third-order valence-electron chi connectivity index (χ3n) is 2.70. The molecule has 5 heteroatoms. The minimum Gasteiger partial charge on any atom is -0.311 e. The molecule has 0 spiro atoms. The van der Waals surface area contributed by atoms with Crippen LogP contribution in [0.2, 0.25) is 0 Å². The van der Waals surface area contributed by atoms with E-state index in [0.717, 1.165) is 6.54 Å². The fraction of sp³-hybridized carbons (Fsp3) is 0.455. The first-order valence-corrected chi connectivity index (χ1v) is 7.02. The van der Waals surface area contributed by atoms with Crippen molar-refractivity contribution < 1.29 is 8.42 Å². The van der Waals surface area contributed by atoms with E-state index < -0.39 is 10.0 Å². The third-order valence-corrected chi connectivity index (χ3v) is 4.55. The van der Waals surface area contributed by atoms with E-state index in [-0.39, 0.29) is 0 Å². The molecule has 0 saturated carbocycles. The van der Waals surface area contributed by atoms with Crippen LogP contribution in [0.5, 0.6) is 0 Å². The van der Waals surface area contributed by atoms with Crippen molar-refractivity contribution in [1.82, 2.24) is 9.62 Å². The molecule has 0 unspecified atom stereocenters. The third kappa shape index (κ3) is 2.81. The van der Waals surface area contributed by atoms with Crippen molar-refractivity contribution in [2.24, 2.45) is 0 Å². The number of nitrogens with zero attached hydrogens (tertiary/aromatic N) is 1. The van der Waals surface area contributed by atoms with Crippen molar-refractivity contribution in [2.45, 2.75) is 6.54 Å². The first-order valence-electron chi connectivity index (χ1n) is 5.41. The Morgan fingerprint density at radius 2 is 2.00 bits per heavy atom. The second-order valence-corrected chi connectivity index (χ2v) is 5.97. The summed E-state index contributed by atoms with van der Waals surface area (Å²) in [7, 11) is -2.87. The number of sulfonamides is 1. The van der Waals surface area contributed by atoms with Crippen molar-refractivity contribution >= 4 is 10.0 Å². The normalized spacial score (nSPS) is 19.2. The highest BCUT2D eigenvalue weighted by atomic mass is 32.2. The highest BCUT2D eigenvalue weighted by molar-refractivity contribution is 7.90. The van der Waals surface area contributed by atoms with Gasteiger partial charge in [0.1, 0.15) is 0 Å². The van der Waals surface area contributed by atoms with E-state index in [4.69, 9.17) is 0 Å². The van der Waals surface area contributed by atoms with E-state index in [9.17, 15) is 8.42 Å². The van der Waals surface area contributed by atoms with Crippen molar-refractivity contribution in [3.8, 4) is 0 Å². The predicted molar refractivity (Wildman–Crippen MR) is 63.5 cm³/mol. The van der Waals surface area contributed by atoms with E-state index in [1.165, 1.54) is 9.87 Å². The number of rotatable bonds is 5. The van der Waals surface area contributed by atoms with Gasteiger partial charge in [-0.2, -0.15) is 4.31 Å². The Labute approximate surface area is 96.3 Å². The van der Waals surface area contributed by atoms with Crippen LogP contribution < -0.4 is 5.32 Å². The summed E-state index contributed by atoms with van der Waals surface area (Å²) in [4.78, 5) is 0. The summed E-state index contributed by atoms with van der Waals surface area (Å²) >= 11 is 0. The molecule has 88 valence electrons. The van der Waals surface area contributed by atoms with Gasteiger partial charge in [-0.15, -0.1) is 0 Å². The number of benzene rings is 1. The van der Waals surface area contributed by atoms with Crippen LogP contribution in [0.4, 0.5) is 0 Å². The van der Waals surface area contributed by atoms with Gasteiger partial charge in [0.2, 0.25) is 10.0 Å². The monoisotopic (exact) mass is 240 g/mol. The molecule has 0 radical (unpaired) electrons. The number of hydrogen-bond donors (Lipinski definition) is 1. The van der Waals surface area contributed by atoms with Crippen LogP contribution in [0, 0.1) is 0 Å². The average molecular weight is 240 g/mol. The predicted octanol–water partition coefficient (Wildman–Crippen LogP) is 0.422. The molecule has 0 atom stereocenters. The van der Waals surface area contributed by atoms with Crippen molar-refractivity contribution in [1.29, 1.82) is 0 Å². The van der Waals surface area contributed by atoms with Crippen molar-refractivity contribution in [3.63, 3.8) is 0 Å². The lowest BCUT2D eigenvalue weighted by Crippen LogP contribution is -2.49. The van der Waals surface area contributed by atoms with Crippen molar-refractivity contribution in [2.75, 3.05) is 25.4 Å². The minimum atomic E-state index is -2.87. The Balaban J connectivity index is 1.66. The van der Waals surface area contributed by atoms with Gasteiger partial charge >= 0.3 is 0 Å². The van der Waals surface area contributed by atoms with E-state index in [2.05, 4.69) is 5.32 Å². The molecule has 1 saturated heterocycles. The largest absolute Gasteiger partial charge is 0.311 e. The number of hydrogen-bond acceptors (Lipinski definition) is 3. The fourth-order valence-electron chi connectivity index (χ4n) is 1.65. The van der Waals surface area contributed by atoms with Crippen LogP contribution >= 0.6 is 0 Å². The van der Waals surface area contributed by atoms with Crippen LogP contribution in [0.3, 0.4) is 0 Å². The molecule has 0 aliphatic carbocycles. The highest BCUT2D eigenvalue weighted by Gasteiger charge is 2.31. The Hall–Kier alpha value is -0.910. The molecular weight excluding hydrogens is 224 g/mol. The van der Waals surface area contributed by atoms with Gasteiger partial charge in [-0.3, -0.25) is 0 Å².